The van der Waals surface area contributed by atoms with Crippen LogP contribution in [-0.2, 0) is 14.4 Å². The first-order valence-corrected chi connectivity index (χ1v) is 8.90. The summed E-state index contributed by atoms with van der Waals surface area (Å²) in [5.41, 5.74) is 5.35. The van der Waals surface area contributed by atoms with Gasteiger partial charge in [0.1, 0.15) is 5.57 Å². The monoisotopic (exact) mass is 433 g/mol. The Balaban J connectivity index is 1.96. The molecular formula is C19H13Cl2N3O5. The zero-order valence-electron chi connectivity index (χ0n) is 14.6. The van der Waals surface area contributed by atoms with Crippen LogP contribution in [0.1, 0.15) is 5.56 Å². The third-order valence-corrected chi connectivity index (χ3v) is 4.37. The maximum Gasteiger partial charge on any atom is 0.335 e. The van der Waals surface area contributed by atoms with Crippen molar-refractivity contribution in [3.8, 4) is 5.75 Å². The summed E-state index contributed by atoms with van der Waals surface area (Å²) < 4.78 is 5.15. The number of benzene rings is 2. The van der Waals surface area contributed by atoms with E-state index in [1.54, 1.807) is 30.3 Å². The van der Waals surface area contributed by atoms with Crippen molar-refractivity contribution in [2.45, 2.75) is 0 Å². The zero-order chi connectivity index (χ0) is 21.1. The first kappa shape index (κ1) is 20.4. The fourth-order valence-electron chi connectivity index (χ4n) is 2.58. The summed E-state index contributed by atoms with van der Waals surface area (Å²) in [5.74, 6) is -2.33. The third kappa shape index (κ3) is 4.39. The van der Waals surface area contributed by atoms with E-state index in [1.165, 1.54) is 18.2 Å². The number of imide groups is 2. The molecule has 8 nitrogen and oxygen atoms in total. The van der Waals surface area contributed by atoms with E-state index in [2.05, 4.69) is 5.32 Å². The molecule has 0 radical (unpaired) electrons. The molecule has 1 saturated heterocycles. The minimum Gasteiger partial charge on any atom is -0.481 e. The first-order chi connectivity index (χ1) is 13.8. The average molecular weight is 434 g/mol. The lowest BCUT2D eigenvalue weighted by Crippen LogP contribution is -2.54. The summed E-state index contributed by atoms with van der Waals surface area (Å²) in [5, 5.41) is 2.21. The summed E-state index contributed by atoms with van der Waals surface area (Å²) in [6.07, 6.45) is 1.25. The number of primary amides is 1. The molecule has 0 aliphatic carbocycles. The molecule has 1 aliphatic heterocycles. The van der Waals surface area contributed by atoms with Crippen molar-refractivity contribution in [2.75, 3.05) is 11.5 Å². The Kier molecular flexibility index (Phi) is 5.86. The van der Waals surface area contributed by atoms with E-state index < -0.39 is 30.4 Å². The van der Waals surface area contributed by atoms with Crippen LogP contribution >= 0.6 is 23.2 Å². The van der Waals surface area contributed by atoms with E-state index >= 15 is 0 Å². The molecule has 3 rings (SSSR count). The van der Waals surface area contributed by atoms with Crippen molar-refractivity contribution in [1.82, 2.24) is 5.32 Å². The SMILES string of the molecule is NC(=O)COc1c(Cl)cc(/C=C2\C(=O)NC(=O)N(c3ccccc3)C2=O)cc1Cl. The maximum atomic E-state index is 12.8. The van der Waals surface area contributed by atoms with Gasteiger partial charge in [0, 0.05) is 0 Å². The number of anilines is 1. The van der Waals surface area contributed by atoms with Crippen LogP contribution in [0, 0.1) is 0 Å². The number of carbonyl (C=O) groups excluding carboxylic acids is 4. The van der Waals surface area contributed by atoms with Gasteiger partial charge < -0.3 is 10.5 Å². The molecule has 2 aromatic rings. The van der Waals surface area contributed by atoms with Crippen LogP contribution < -0.4 is 20.7 Å². The maximum absolute atomic E-state index is 12.8. The number of halogens is 2. The molecule has 2 aromatic carbocycles. The molecule has 0 bridgehead atoms. The van der Waals surface area contributed by atoms with Crippen molar-refractivity contribution in [3.05, 3.63) is 63.6 Å². The van der Waals surface area contributed by atoms with Gasteiger partial charge in [-0.25, -0.2) is 9.69 Å². The molecule has 0 atom stereocenters. The standard InChI is InChI=1S/C19H13Cl2N3O5/c20-13-7-10(8-14(21)16(13)29-9-15(22)25)6-12-17(26)23-19(28)24(18(12)27)11-4-2-1-3-5-11/h1-8H,9H2,(H2,22,25)(H,23,26,28)/b12-6+. The van der Waals surface area contributed by atoms with E-state index in [9.17, 15) is 19.2 Å². The molecule has 1 heterocycles. The highest BCUT2D eigenvalue weighted by molar-refractivity contribution is 6.40. The van der Waals surface area contributed by atoms with Gasteiger partial charge in [0.05, 0.1) is 15.7 Å². The fourth-order valence-corrected chi connectivity index (χ4v) is 3.19. The van der Waals surface area contributed by atoms with E-state index in [0.717, 1.165) is 4.90 Å². The van der Waals surface area contributed by atoms with Gasteiger partial charge in [-0.05, 0) is 35.9 Å². The molecule has 0 spiro atoms. The van der Waals surface area contributed by atoms with Crippen LogP contribution in [0.25, 0.3) is 6.08 Å². The van der Waals surface area contributed by atoms with Crippen LogP contribution in [0.3, 0.4) is 0 Å². The van der Waals surface area contributed by atoms with Crippen LogP contribution in [0.4, 0.5) is 10.5 Å². The average Bonchev–Trinajstić information content (AvgIpc) is 2.65. The Morgan fingerprint density at radius 3 is 2.31 bits per heavy atom. The third-order valence-electron chi connectivity index (χ3n) is 3.81. The topological polar surface area (TPSA) is 119 Å². The lowest BCUT2D eigenvalue weighted by Gasteiger charge is -2.26. The number of para-hydroxylation sites is 1. The second kappa shape index (κ2) is 8.34. The predicted octanol–water partition coefficient (Wildman–Crippen LogP) is 2.52. The van der Waals surface area contributed by atoms with Crippen molar-refractivity contribution >= 4 is 58.7 Å². The number of nitrogens with one attached hydrogen (secondary N) is 1. The van der Waals surface area contributed by atoms with Crippen LogP contribution in [0.2, 0.25) is 10.0 Å². The number of hydrogen-bond donors (Lipinski definition) is 2. The molecule has 10 heteroatoms. The number of urea groups is 1. The van der Waals surface area contributed by atoms with E-state index in [4.69, 9.17) is 33.7 Å². The van der Waals surface area contributed by atoms with Gasteiger partial charge in [-0.3, -0.25) is 19.7 Å². The molecule has 5 amide bonds. The highest BCUT2D eigenvalue weighted by Crippen LogP contribution is 2.35. The van der Waals surface area contributed by atoms with Gasteiger partial charge in [-0.1, -0.05) is 41.4 Å². The fraction of sp³-hybridized carbons (Fsp3) is 0.0526. The van der Waals surface area contributed by atoms with Crippen LogP contribution in [-0.4, -0.2) is 30.4 Å². The summed E-state index contributed by atoms with van der Waals surface area (Å²) >= 11 is 12.2. The number of rotatable bonds is 5. The molecule has 29 heavy (non-hydrogen) atoms. The number of nitrogens with two attached hydrogens (primary N) is 1. The quantitative estimate of drug-likeness (QED) is 0.554. The Morgan fingerprint density at radius 1 is 1.10 bits per heavy atom. The summed E-state index contributed by atoms with van der Waals surface area (Å²) in [6.45, 7) is -0.422. The Bertz CT molecular complexity index is 1030. The highest BCUT2D eigenvalue weighted by Gasteiger charge is 2.36. The Morgan fingerprint density at radius 2 is 1.72 bits per heavy atom. The first-order valence-electron chi connectivity index (χ1n) is 8.14. The van der Waals surface area contributed by atoms with Crippen LogP contribution in [0.5, 0.6) is 5.75 Å². The highest BCUT2D eigenvalue weighted by atomic mass is 35.5. The van der Waals surface area contributed by atoms with E-state index in [0.29, 0.717) is 11.3 Å². The van der Waals surface area contributed by atoms with Crippen molar-refractivity contribution in [1.29, 1.82) is 0 Å². The lowest BCUT2D eigenvalue weighted by molar-refractivity contribution is -0.123. The normalized spacial score (nSPS) is 15.4. The van der Waals surface area contributed by atoms with Gasteiger partial charge >= 0.3 is 6.03 Å². The van der Waals surface area contributed by atoms with Crippen molar-refractivity contribution in [2.24, 2.45) is 5.73 Å². The van der Waals surface area contributed by atoms with Crippen molar-refractivity contribution in [3.63, 3.8) is 0 Å². The molecule has 0 saturated carbocycles. The number of ether oxygens (including phenoxy) is 1. The van der Waals surface area contributed by atoms with Gasteiger partial charge in [0.2, 0.25) is 0 Å². The summed E-state index contributed by atoms with van der Waals surface area (Å²) in [6, 6.07) is 10.1. The molecule has 3 N–H and O–H groups in total. The Labute approximate surface area is 174 Å². The summed E-state index contributed by atoms with van der Waals surface area (Å²) in [7, 11) is 0. The van der Waals surface area contributed by atoms with Crippen molar-refractivity contribution < 1.29 is 23.9 Å². The molecule has 148 valence electrons. The van der Waals surface area contributed by atoms with Gasteiger partial charge in [-0.15, -0.1) is 0 Å². The smallest absolute Gasteiger partial charge is 0.335 e. The number of barbiturate groups is 1. The molecule has 0 unspecified atom stereocenters. The number of hydrogen-bond acceptors (Lipinski definition) is 5. The van der Waals surface area contributed by atoms with Gasteiger partial charge in [0.15, 0.2) is 12.4 Å². The molecule has 1 fully saturated rings. The Hall–Kier alpha value is -3.36. The lowest BCUT2D eigenvalue weighted by atomic mass is 10.1. The minimum atomic E-state index is -0.853. The number of nitrogens with zero attached hydrogens (tertiary/aromatic N) is 1. The molecular weight excluding hydrogens is 421 g/mol. The summed E-state index contributed by atoms with van der Waals surface area (Å²) in [4.78, 5) is 48.9. The van der Waals surface area contributed by atoms with E-state index in [-0.39, 0.29) is 21.4 Å². The van der Waals surface area contributed by atoms with Gasteiger partial charge in [0.25, 0.3) is 17.7 Å². The zero-order valence-corrected chi connectivity index (χ0v) is 16.2. The molecule has 0 aromatic heterocycles. The number of carbonyl (C=O) groups is 4. The predicted molar refractivity (Wildman–Crippen MR) is 107 cm³/mol. The minimum absolute atomic E-state index is 0.0368. The second-order valence-corrected chi connectivity index (χ2v) is 6.68. The molecule has 1 aliphatic rings. The van der Waals surface area contributed by atoms with E-state index in [1.807, 2.05) is 0 Å². The van der Waals surface area contributed by atoms with Gasteiger partial charge in [-0.2, -0.15) is 0 Å². The second-order valence-electron chi connectivity index (χ2n) is 5.86. The largest absolute Gasteiger partial charge is 0.481 e. The van der Waals surface area contributed by atoms with Crippen LogP contribution in [0.15, 0.2) is 48.0 Å². The number of amides is 5.